The van der Waals surface area contributed by atoms with E-state index in [0.717, 1.165) is 15.9 Å². The highest BCUT2D eigenvalue weighted by molar-refractivity contribution is 7.89. The lowest BCUT2D eigenvalue weighted by molar-refractivity contribution is 0.0373. The average Bonchev–Trinajstić information content (AvgIpc) is 2.94. The number of aromatic nitrogens is 1. The number of likely N-dealkylation sites (N-methyl/N-ethyl adjacent to an activating group) is 1. The monoisotopic (exact) mass is 553 g/mol. The van der Waals surface area contributed by atoms with Crippen LogP contribution < -0.4 is 4.74 Å². The number of aliphatic hydroxyl groups excluding tert-OH is 1. The molecule has 0 bridgehead atoms. The van der Waals surface area contributed by atoms with Crippen molar-refractivity contribution in [1.82, 2.24) is 14.2 Å². The van der Waals surface area contributed by atoms with Gasteiger partial charge in [0.25, 0.3) is 5.91 Å². The molecule has 8 nitrogen and oxygen atoms in total. The average molecular weight is 554 g/mol. The summed E-state index contributed by atoms with van der Waals surface area (Å²) >= 11 is 0. The Morgan fingerprint density at radius 1 is 1.15 bits per heavy atom. The van der Waals surface area contributed by atoms with Crippen LogP contribution in [0.25, 0.3) is 12.2 Å². The standard InChI is InChI=1S/C29H32FN3O5S/c1-20-17-33(21(2)19-34)29(35)24-15-23(14-13-22-9-5-4-6-10-22)16-31-28(24)38-26(20)18-32(3)39(36,37)27-12-8-7-11-25(27)30/h4-16,20-21,26,34H,17-19H2,1-3H3/b14-13+/t20-,21+,26-/m1/s1. The number of rotatable bonds is 8. The molecular formula is C29H32FN3O5S. The summed E-state index contributed by atoms with van der Waals surface area (Å²) in [6.45, 7) is 3.43. The third kappa shape index (κ3) is 6.35. The van der Waals surface area contributed by atoms with Gasteiger partial charge in [-0.2, -0.15) is 4.31 Å². The molecule has 3 aromatic rings. The highest BCUT2D eigenvalue weighted by Gasteiger charge is 2.36. The summed E-state index contributed by atoms with van der Waals surface area (Å²) in [5.41, 5.74) is 1.87. The van der Waals surface area contributed by atoms with E-state index < -0.39 is 32.9 Å². The van der Waals surface area contributed by atoms with Crippen molar-refractivity contribution in [1.29, 1.82) is 0 Å². The van der Waals surface area contributed by atoms with Crippen LogP contribution in [-0.2, 0) is 10.0 Å². The van der Waals surface area contributed by atoms with Crippen LogP contribution in [0.15, 0.2) is 71.8 Å². The topological polar surface area (TPSA) is 100 Å². The quantitative estimate of drug-likeness (QED) is 0.454. The number of hydrogen-bond acceptors (Lipinski definition) is 6. The molecule has 0 saturated heterocycles. The van der Waals surface area contributed by atoms with E-state index in [1.54, 1.807) is 24.1 Å². The second-order valence-electron chi connectivity index (χ2n) is 9.70. The molecule has 0 unspecified atom stereocenters. The minimum Gasteiger partial charge on any atom is -0.472 e. The van der Waals surface area contributed by atoms with E-state index in [9.17, 15) is 22.7 Å². The van der Waals surface area contributed by atoms with E-state index in [2.05, 4.69) is 4.98 Å². The number of aliphatic hydroxyl groups is 1. The van der Waals surface area contributed by atoms with Gasteiger partial charge in [-0.05, 0) is 36.2 Å². The molecule has 1 aliphatic heterocycles. The van der Waals surface area contributed by atoms with Gasteiger partial charge in [0.15, 0.2) is 0 Å². The van der Waals surface area contributed by atoms with Crippen LogP contribution >= 0.6 is 0 Å². The molecule has 2 aromatic carbocycles. The zero-order valence-corrected chi connectivity index (χ0v) is 22.9. The third-order valence-electron chi connectivity index (χ3n) is 6.77. The molecule has 206 valence electrons. The SMILES string of the molecule is C[C@@H]1CN([C@@H](C)CO)C(=O)c2cc(/C=C/c3ccccc3)cnc2O[C@@H]1CN(C)S(=O)(=O)c1ccccc1F. The molecule has 0 fully saturated rings. The number of fused-ring (bicyclic) bond motifs is 1. The summed E-state index contributed by atoms with van der Waals surface area (Å²) in [4.78, 5) is 19.1. The molecule has 1 N–H and O–H groups in total. The van der Waals surface area contributed by atoms with E-state index in [4.69, 9.17) is 4.74 Å². The predicted octanol–water partition coefficient (Wildman–Crippen LogP) is 3.93. The first-order valence-corrected chi connectivity index (χ1v) is 14.1. The van der Waals surface area contributed by atoms with E-state index in [0.29, 0.717) is 5.56 Å². The van der Waals surface area contributed by atoms with Crippen molar-refractivity contribution in [2.75, 3.05) is 26.7 Å². The van der Waals surface area contributed by atoms with Gasteiger partial charge < -0.3 is 14.7 Å². The first-order chi connectivity index (χ1) is 18.6. The van der Waals surface area contributed by atoms with Crippen molar-refractivity contribution < 1.29 is 27.4 Å². The molecule has 0 spiro atoms. The normalized spacial score (nSPS) is 18.9. The Hall–Kier alpha value is -3.60. The van der Waals surface area contributed by atoms with Gasteiger partial charge in [-0.15, -0.1) is 0 Å². The Bertz CT molecular complexity index is 1450. The molecule has 0 saturated carbocycles. The van der Waals surface area contributed by atoms with Gasteiger partial charge >= 0.3 is 0 Å². The molecule has 0 aliphatic carbocycles. The number of ether oxygens (including phenoxy) is 1. The van der Waals surface area contributed by atoms with E-state index in [1.165, 1.54) is 25.2 Å². The molecule has 0 radical (unpaired) electrons. The number of pyridine rings is 1. The number of sulfonamides is 1. The summed E-state index contributed by atoms with van der Waals surface area (Å²) in [6, 6.07) is 16.1. The van der Waals surface area contributed by atoms with Crippen LogP contribution in [0.4, 0.5) is 4.39 Å². The van der Waals surface area contributed by atoms with Crippen molar-refractivity contribution in [3.8, 4) is 5.88 Å². The molecule has 1 aliphatic rings. The zero-order chi connectivity index (χ0) is 28.2. The van der Waals surface area contributed by atoms with Crippen molar-refractivity contribution in [2.45, 2.75) is 30.9 Å². The van der Waals surface area contributed by atoms with Gasteiger partial charge in [-0.25, -0.2) is 17.8 Å². The number of hydrogen-bond donors (Lipinski definition) is 1. The van der Waals surface area contributed by atoms with Gasteiger partial charge in [-0.3, -0.25) is 4.79 Å². The van der Waals surface area contributed by atoms with Gasteiger partial charge in [0.2, 0.25) is 15.9 Å². The van der Waals surface area contributed by atoms with Gasteiger partial charge in [0, 0.05) is 25.7 Å². The fourth-order valence-electron chi connectivity index (χ4n) is 4.36. The Morgan fingerprint density at radius 3 is 2.51 bits per heavy atom. The number of amides is 1. The van der Waals surface area contributed by atoms with Crippen LogP contribution in [0.3, 0.4) is 0 Å². The molecule has 4 rings (SSSR count). The number of carbonyl (C=O) groups is 1. The molecule has 3 atom stereocenters. The molecule has 1 amide bonds. The second kappa shape index (κ2) is 12.1. The Kier molecular flexibility index (Phi) is 8.79. The van der Waals surface area contributed by atoms with Crippen LogP contribution in [0.1, 0.15) is 35.3 Å². The molecule has 39 heavy (non-hydrogen) atoms. The summed E-state index contributed by atoms with van der Waals surface area (Å²) in [7, 11) is -2.79. The maximum Gasteiger partial charge on any atom is 0.259 e. The maximum absolute atomic E-state index is 14.3. The Labute approximate surface area is 228 Å². The lowest BCUT2D eigenvalue weighted by atomic mass is 10.00. The summed E-state index contributed by atoms with van der Waals surface area (Å²) in [6.07, 6.45) is 4.60. The highest BCUT2D eigenvalue weighted by Crippen LogP contribution is 2.29. The third-order valence-corrected chi connectivity index (χ3v) is 8.63. The largest absolute Gasteiger partial charge is 0.472 e. The molecule has 2 heterocycles. The number of carbonyl (C=O) groups excluding carboxylic acids is 1. The maximum atomic E-state index is 14.3. The van der Waals surface area contributed by atoms with Gasteiger partial charge in [0.05, 0.1) is 19.2 Å². The lowest BCUT2D eigenvalue weighted by Crippen LogP contribution is -2.50. The molecule has 10 heteroatoms. The first-order valence-electron chi connectivity index (χ1n) is 12.6. The van der Waals surface area contributed by atoms with Crippen molar-refractivity contribution in [2.24, 2.45) is 5.92 Å². The van der Waals surface area contributed by atoms with E-state index in [1.807, 2.05) is 49.4 Å². The second-order valence-corrected chi connectivity index (χ2v) is 11.7. The van der Waals surface area contributed by atoms with E-state index in [-0.39, 0.29) is 43.0 Å². The number of benzene rings is 2. The number of nitrogens with zero attached hydrogens (tertiary/aromatic N) is 3. The van der Waals surface area contributed by atoms with Crippen LogP contribution in [0, 0.1) is 11.7 Å². The fraction of sp³-hybridized carbons (Fsp3) is 0.310. The molecule has 1 aromatic heterocycles. The minimum absolute atomic E-state index is 0.0697. The predicted molar refractivity (Wildman–Crippen MR) is 147 cm³/mol. The molecular weight excluding hydrogens is 521 g/mol. The van der Waals surface area contributed by atoms with Crippen molar-refractivity contribution in [3.63, 3.8) is 0 Å². The van der Waals surface area contributed by atoms with Crippen LogP contribution in [0.2, 0.25) is 0 Å². The minimum atomic E-state index is -4.15. The summed E-state index contributed by atoms with van der Waals surface area (Å²) in [5, 5.41) is 9.86. The first kappa shape index (κ1) is 28.4. The number of halogens is 1. The van der Waals surface area contributed by atoms with Crippen molar-refractivity contribution in [3.05, 3.63) is 89.4 Å². The summed E-state index contributed by atoms with van der Waals surface area (Å²) < 4.78 is 47.9. The lowest BCUT2D eigenvalue weighted by Gasteiger charge is -2.37. The highest BCUT2D eigenvalue weighted by atomic mass is 32.2. The van der Waals surface area contributed by atoms with Gasteiger partial charge in [-0.1, -0.05) is 61.5 Å². The van der Waals surface area contributed by atoms with Gasteiger partial charge in [0.1, 0.15) is 22.4 Å². The summed E-state index contributed by atoms with van der Waals surface area (Å²) in [5.74, 6) is -1.45. The fourth-order valence-corrected chi connectivity index (χ4v) is 5.60. The van der Waals surface area contributed by atoms with Crippen LogP contribution in [-0.4, -0.2) is 72.5 Å². The van der Waals surface area contributed by atoms with Crippen LogP contribution in [0.5, 0.6) is 5.88 Å². The Balaban J connectivity index is 1.68. The van der Waals surface area contributed by atoms with E-state index >= 15 is 0 Å². The zero-order valence-electron chi connectivity index (χ0n) is 22.1. The van der Waals surface area contributed by atoms with Crippen molar-refractivity contribution >= 4 is 28.1 Å². The Morgan fingerprint density at radius 2 is 1.82 bits per heavy atom. The smallest absolute Gasteiger partial charge is 0.259 e.